The Kier molecular flexibility index (Phi) is 7.17. The normalized spacial score (nSPS) is 12.1. The quantitative estimate of drug-likeness (QED) is 0.675. The molecule has 0 aliphatic heterocycles. The first-order valence-corrected chi connectivity index (χ1v) is 10.5. The van der Waals surface area contributed by atoms with Gasteiger partial charge < -0.3 is 14.8 Å². The van der Waals surface area contributed by atoms with E-state index in [1.165, 1.54) is 31.2 Å². The summed E-state index contributed by atoms with van der Waals surface area (Å²) in [6, 6.07) is 12.9. The molecule has 0 aliphatic rings. The van der Waals surface area contributed by atoms with E-state index in [1.807, 2.05) is 24.3 Å². The van der Waals surface area contributed by atoms with E-state index in [4.69, 9.17) is 9.47 Å². The van der Waals surface area contributed by atoms with Gasteiger partial charge in [0.25, 0.3) is 5.91 Å². The first kappa shape index (κ1) is 21.4. The SMILES string of the molecule is COc1ccc(CCNC(=O)[C@H](C)OC(=O)c2ccc(S(C)(=O)=O)cc2)cc1. The lowest BCUT2D eigenvalue weighted by Gasteiger charge is -2.14. The monoisotopic (exact) mass is 405 g/mol. The molecule has 0 saturated heterocycles. The molecule has 28 heavy (non-hydrogen) atoms. The maximum atomic E-state index is 12.1. The molecular formula is C20H23NO6S. The van der Waals surface area contributed by atoms with E-state index in [0.717, 1.165) is 17.6 Å². The topological polar surface area (TPSA) is 98.8 Å². The molecule has 0 aromatic heterocycles. The number of benzene rings is 2. The number of nitrogens with one attached hydrogen (secondary N) is 1. The molecule has 0 aliphatic carbocycles. The summed E-state index contributed by atoms with van der Waals surface area (Å²) in [5.41, 5.74) is 1.21. The fourth-order valence-electron chi connectivity index (χ4n) is 2.39. The third-order valence-corrected chi connectivity index (χ3v) is 5.17. The van der Waals surface area contributed by atoms with E-state index in [1.54, 1.807) is 7.11 Å². The van der Waals surface area contributed by atoms with Gasteiger partial charge in [0.1, 0.15) is 5.75 Å². The average Bonchev–Trinajstić information content (AvgIpc) is 2.67. The Morgan fingerprint density at radius 1 is 1.04 bits per heavy atom. The molecule has 0 spiro atoms. The van der Waals surface area contributed by atoms with Crippen LogP contribution in [-0.4, -0.2) is 46.3 Å². The van der Waals surface area contributed by atoms with E-state index >= 15 is 0 Å². The van der Waals surface area contributed by atoms with Crippen LogP contribution in [0.5, 0.6) is 5.75 Å². The highest BCUT2D eigenvalue weighted by Gasteiger charge is 2.19. The molecule has 0 saturated carbocycles. The minimum absolute atomic E-state index is 0.105. The van der Waals surface area contributed by atoms with Crippen molar-refractivity contribution in [3.8, 4) is 5.75 Å². The summed E-state index contributed by atoms with van der Waals surface area (Å²) < 4.78 is 33.1. The van der Waals surface area contributed by atoms with Crippen LogP contribution in [0.25, 0.3) is 0 Å². The van der Waals surface area contributed by atoms with Gasteiger partial charge in [-0.3, -0.25) is 4.79 Å². The molecule has 0 radical (unpaired) electrons. The number of amides is 1. The summed E-state index contributed by atoms with van der Waals surface area (Å²) in [7, 11) is -1.75. The van der Waals surface area contributed by atoms with Crippen LogP contribution in [0.15, 0.2) is 53.4 Å². The highest BCUT2D eigenvalue weighted by atomic mass is 32.2. The van der Waals surface area contributed by atoms with Gasteiger partial charge in [0.2, 0.25) is 0 Å². The second-order valence-corrected chi connectivity index (χ2v) is 8.25. The molecule has 8 heteroatoms. The van der Waals surface area contributed by atoms with Crippen LogP contribution >= 0.6 is 0 Å². The molecule has 0 bridgehead atoms. The third-order valence-electron chi connectivity index (χ3n) is 4.04. The van der Waals surface area contributed by atoms with Gasteiger partial charge in [-0.05, 0) is 55.3 Å². The van der Waals surface area contributed by atoms with Gasteiger partial charge in [-0.15, -0.1) is 0 Å². The molecule has 1 atom stereocenters. The van der Waals surface area contributed by atoms with E-state index in [-0.39, 0.29) is 10.5 Å². The molecule has 0 heterocycles. The minimum atomic E-state index is -3.34. The van der Waals surface area contributed by atoms with Crippen molar-refractivity contribution in [2.75, 3.05) is 19.9 Å². The zero-order valence-electron chi connectivity index (χ0n) is 16.0. The molecule has 2 aromatic carbocycles. The molecular weight excluding hydrogens is 382 g/mol. The zero-order valence-corrected chi connectivity index (χ0v) is 16.8. The van der Waals surface area contributed by atoms with Crippen LogP contribution in [0, 0.1) is 0 Å². The summed E-state index contributed by atoms with van der Waals surface area (Å²) in [5, 5.41) is 2.72. The minimum Gasteiger partial charge on any atom is -0.497 e. The van der Waals surface area contributed by atoms with Crippen LogP contribution in [0.1, 0.15) is 22.8 Å². The van der Waals surface area contributed by atoms with Crippen molar-refractivity contribution in [1.29, 1.82) is 0 Å². The predicted octanol–water partition coefficient (Wildman–Crippen LogP) is 2.00. The van der Waals surface area contributed by atoms with Gasteiger partial charge >= 0.3 is 5.97 Å². The first-order valence-electron chi connectivity index (χ1n) is 8.62. The highest BCUT2D eigenvalue weighted by molar-refractivity contribution is 7.90. The Hall–Kier alpha value is -2.87. The molecule has 0 unspecified atom stereocenters. The van der Waals surface area contributed by atoms with Gasteiger partial charge in [0.15, 0.2) is 15.9 Å². The second-order valence-electron chi connectivity index (χ2n) is 6.23. The van der Waals surface area contributed by atoms with Gasteiger partial charge in [0, 0.05) is 12.8 Å². The number of carbonyl (C=O) groups is 2. The maximum Gasteiger partial charge on any atom is 0.338 e. The Bertz CT molecular complexity index is 920. The van der Waals surface area contributed by atoms with Crippen molar-refractivity contribution in [3.63, 3.8) is 0 Å². The number of rotatable bonds is 8. The number of esters is 1. The summed E-state index contributed by atoms with van der Waals surface area (Å²) in [4.78, 5) is 24.3. The van der Waals surface area contributed by atoms with Crippen molar-refractivity contribution < 1.29 is 27.5 Å². The van der Waals surface area contributed by atoms with E-state index in [9.17, 15) is 18.0 Å². The lowest BCUT2D eigenvalue weighted by Crippen LogP contribution is -2.36. The van der Waals surface area contributed by atoms with Gasteiger partial charge in [-0.25, -0.2) is 13.2 Å². The van der Waals surface area contributed by atoms with Crippen molar-refractivity contribution in [3.05, 3.63) is 59.7 Å². The van der Waals surface area contributed by atoms with E-state index in [0.29, 0.717) is 13.0 Å². The molecule has 2 aromatic rings. The fraction of sp³-hybridized carbons (Fsp3) is 0.300. The summed E-state index contributed by atoms with van der Waals surface area (Å²) in [6.07, 6.45) is 0.736. The Balaban J connectivity index is 1.83. The van der Waals surface area contributed by atoms with Crippen LogP contribution in [0.4, 0.5) is 0 Å². The highest BCUT2D eigenvalue weighted by Crippen LogP contribution is 2.13. The standard InChI is InChI=1S/C20H23NO6S/c1-14(19(22)21-13-12-15-4-8-17(26-2)9-5-15)27-20(23)16-6-10-18(11-7-16)28(3,24)25/h4-11,14H,12-13H2,1-3H3,(H,21,22)/t14-/m0/s1. The number of hydrogen-bond donors (Lipinski definition) is 1. The summed E-state index contributed by atoms with van der Waals surface area (Å²) in [6.45, 7) is 1.88. The number of sulfone groups is 1. The number of hydrogen-bond acceptors (Lipinski definition) is 6. The van der Waals surface area contributed by atoms with Crippen molar-refractivity contribution in [2.24, 2.45) is 0 Å². The van der Waals surface area contributed by atoms with E-state index < -0.39 is 27.8 Å². The average molecular weight is 405 g/mol. The number of ether oxygens (including phenoxy) is 2. The number of carbonyl (C=O) groups excluding carboxylic acids is 2. The van der Waals surface area contributed by atoms with Crippen LogP contribution in [0.3, 0.4) is 0 Å². The maximum absolute atomic E-state index is 12.1. The zero-order chi connectivity index (χ0) is 20.7. The van der Waals surface area contributed by atoms with Crippen molar-refractivity contribution in [1.82, 2.24) is 5.32 Å². The first-order chi connectivity index (χ1) is 13.2. The van der Waals surface area contributed by atoms with Crippen LogP contribution in [0.2, 0.25) is 0 Å². The van der Waals surface area contributed by atoms with Crippen molar-refractivity contribution in [2.45, 2.75) is 24.3 Å². The van der Waals surface area contributed by atoms with Crippen LogP contribution < -0.4 is 10.1 Å². The fourth-order valence-corrected chi connectivity index (χ4v) is 3.02. The molecule has 7 nitrogen and oxygen atoms in total. The molecule has 1 amide bonds. The Morgan fingerprint density at radius 3 is 2.18 bits per heavy atom. The lowest BCUT2D eigenvalue weighted by molar-refractivity contribution is -0.129. The van der Waals surface area contributed by atoms with Gasteiger partial charge in [-0.2, -0.15) is 0 Å². The largest absolute Gasteiger partial charge is 0.497 e. The Labute approximate surface area is 164 Å². The van der Waals surface area contributed by atoms with Gasteiger partial charge in [-0.1, -0.05) is 12.1 Å². The smallest absolute Gasteiger partial charge is 0.338 e. The Morgan fingerprint density at radius 2 is 1.64 bits per heavy atom. The number of methoxy groups -OCH3 is 1. The van der Waals surface area contributed by atoms with Crippen molar-refractivity contribution >= 4 is 21.7 Å². The summed E-state index contributed by atoms with van der Waals surface area (Å²) in [5.74, 6) is -0.342. The summed E-state index contributed by atoms with van der Waals surface area (Å²) >= 11 is 0. The van der Waals surface area contributed by atoms with Gasteiger partial charge in [0.05, 0.1) is 17.6 Å². The third kappa shape index (κ3) is 6.09. The molecule has 150 valence electrons. The molecule has 1 N–H and O–H groups in total. The predicted molar refractivity (Wildman–Crippen MR) is 104 cm³/mol. The molecule has 2 rings (SSSR count). The lowest BCUT2D eigenvalue weighted by atomic mass is 10.1. The molecule has 0 fully saturated rings. The van der Waals surface area contributed by atoms with Crippen LogP contribution in [-0.2, 0) is 25.8 Å². The second kappa shape index (κ2) is 9.36. The van der Waals surface area contributed by atoms with E-state index in [2.05, 4.69) is 5.32 Å².